The summed E-state index contributed by atoms with van der Waals surface area (Å²) in [6.07, 6.45) is 0.778. The van der Waals surface area contributed by atoms with Gasteiger partial charge in [0.15, 0.2) is 0 Å². The number of nitrogens with zero attached hydrogens (tertiary/aromatic N) is 1. The van der Waals surface area contributed by atoms with Crippen molar-refractivity contribution in [1.82, 2.24) is 0 Å². The van der Waals surface area contributed by atoms with E-state index in [4.69, 9.17) is 0 Å². The van der Waals surface area contributed by atoms with Gasteiger partial charge in [0.25, 0.3) is 5.91 Å². The summed E-state index contributed by atoms with van der Waals surface area (Å²) in [5.41, 5.74) is 1.71. The molecule has 1 aromatic heterocycles. The second kappa shape index (κ2) is 4.40. The van der Waals surface area contributed by atoms with Crippen molar-refractivity contribution < 1.29 is 9.18 Å². The second-order valence-corrected chi connectivity index (χ2v) is 5.58. The minimum absolute atomic E-state index is 0.0790. The maximum absolute atomic E-state index is 13.3. The monoisotopic (exact) mass is 279 g/mol. The highest BCUT2D eigenvalue weighted by molar-refractivity contribution is 7.80. The maximum Gasteiger partial charge on any atom is 0.268 e. The first-order valence-electron chi connectivity index (χ1n) is 5.53. The van der Waals surface area contributed by atoms with Gasteiger partial charge < -0.3 is 4.90 Å². The van der Waals surface area contributed by atoms with Crippen LogP contribution in [0.5, 0.6) is 0 Å². The van der Waals surface area contributed by atoms with Gasteiger partial charge in [-0.3, -0.25) is 4.79 Å². The fourth-order valence-electron chi connectivity index (χ4n) is 2.13. The lowest BCUT2D eigenvalue weighted by molar-refractivity contribution is 0.0993. The number of hydrogen-bond donors (Lipinski definition) is 1. The van der Waals surface area contributed by atoms with Gasteiger partial charge in [-0.15, -0.1) is 24.0 Å². The van der Waals surface area contributed by atoms with E-state index in [1.54, 1.807) is 17.0 Å². The van der Waals surface area contributed by atoms with Gasteiger partial charge in [0, 0.05) is 16.8 Å². The lowest BCUT2D eigenvalue weighted by atomic mass is 10.2. The van der Waals surface area contributed by atoms with Gasteiger partial charge in [0.05, 0.1) is 10.6 Å². The third kappa shape index (κ3) is 1.93. The number of thiol groups is 1. The maximum atomic E-state index is 13.3. The van der Waals surface area contributed by atoms with E-state index in [1.807, 2.05) is 5.38 Å². The summed E-state index contributed by atoms with van der Waals surface area (Å²) in [6.45, 7) is 0.609. The van der Waals surface area contributed by atoms with Crippen LogP contribution in [-0.2, 0) is 6.42 Å². The van der Waals surface area contributed by atoms with Crippen molar-refractivity contribution in [1.29, 1.82) is 0 Å². The fourth-order valence-corrected chi connectivity index (χ4v) is 3.23. The van der Waals surface area contributed by atoms with Crippen molar-refractivity contribution in [3.63, 3.8) is 0 Å². The average Bonchev–Trinajstić information content (AvgIpc) is 2.94. The van der Waals surface area contributed by atoms with E-state index in [-0.39, 0.29) is 11.7 Å². The Labute approximate surface area is 113 Å². The molecule has 5 heteroatoms. The fraction of sp³-hybridized carbons (Fsp3) is 0.154. The molecule has 3 rings (SSSR count). The number of rotatable bonds is 1. The molecule has 0 N–H and O–H groups in total. The zero-order chi connectivity index (χ0) is 12.7. The van der Waals surface area contributed by atoms with Crippen LogP contribution in [0.4, 0.5) is 10.1 Å². The van der Waals surface area contributed by atoms with Gasteiger partial charge in [-0.05, 0) is 30.2 Å². The Hall–Kier alpha value is -1.33. The summed E-state index contributed by atoms with van der Waals surface area (Å²) < 4.78 is 13.3. The molecule has 1 aromatic carbocycles. The molecule has 1 amide bonds. The average molecular weight is 279 g/mol. The van der Waals surface area contributed by atoms with Crippen LogP contribution in [0, 0.1) is 5.82 Å². The number of carbonyl (C=O) groups excluding carboxylic acids is 1. The molecule has 0 bridgehead atoms. The summed E-state index contributed by atoms with van der Waals surface area (Å²) in [5, 5.41) is 1.82. The molecule has 0 spiro atoms. The summed E-state index contributed by atoms with van der Waals surface area (Å²) in [6, 6.07) is 6.35. The molecule has 0 fully saturated rings. The van der Waals surface area contributed by atoms with E-state index in [0.29, 0.717) is 17.1 Å². The molecule has 0 unspecified atom stereocenters. The third-order valence-electron chi connectivity index (χ3n) is 2.98. The summed E-state index contributed by atoms with van der Waals surface area (Å²) in [7, 11) is 0. The number of hydrogen-bond acceptors (Lipinski definition) is 3. The van der Waals surface area contributed by atoms with E-state index < -0.39 is 0 Å². The Morgan fingerprint density at radius 2 is 2.22 bits per heavy atom. The van der Waals surface area contributed by atoms with E-state index in [9.17, 15) is 9.18 Å². The Morgan fingerprint density at radius 3 is 2.94 bits per heavy atom. The smallest absolute Gasteiger partial charge is 0.268 e. The van der Waals surface area contributed by atoms with Crippen LogP contribution >= 0.6 is 24.0 Å². The standard InChI is InChI=1S/C13H10FNOS2/c14-9-2-1-8-3-4-15(11(8)5-9)13(16)12-6-10(17)7-18-12/h1-2,5-7,17H,3-4H2. The minimum Gasteiger partial charge on any atom is -0.307 e. The molecule has 0 atom stereocenters. The highest BCUT2D eigenvalue weighted by atomic mass is 32.1. The Balaban J connectivity index is 1.96. The molecule has 1 aliphatic rings. The molecule has 0 saturated heterocycles. The predicted octanol–water partition coefficient (Wildman–Crippen LogP) is 3.38. The van der Waals surface area contributed by atoms with E-state index in [0.717, 1.165) is 16.9 Å². The van der Waals surface area contributed by atoms with Crippen molar-refractivity contribution in [2.75, 3.05) is 11.4 Å². The Morgan fingerprint density at radius 1 is 1.39 bits per heavy atom. The lowest BCUT2D eigenvalue weighted by Gasteiger charge is -2.16. The Bertz CT molecular complexity index is 623. The SMILES string of the molecule is O=C(c1cc(S)cs1)N1CCc2ccc(F)cc21. The van der Waals surface area contributed by atoms with Crippen molar-refractivity contribution in [2.45, 2.75) is 11.3 Å². The zero-order valence-electron chi connectivity index (χ0n) is 9.39. The molecular formula is C13H10FNOS2. The molecule has 92 valence electrons. The number of anilines is 1. The van der Waals surface area contributed by atoms with Gasteiger partial charge in [-0.2, -0.15) is 0 Å². The molecule has 2 aromatic rings. The van der Waals surface area contributed by atoms with Gasteiger partial charge >= 0.3 is 0 Å². The zero-order valence-corrected chi connectivity index (χ0v) is 11.1. The molecule has 2 heterocycles. The van der Waals surface area contributed by atoms with Crippen LogP contribution in [0.1, 0.15) is 15.2 Å². The van der Waals surface area contributed by atoms with Gasteiger partial charge in [-0.1, -0.05) is 6.07 Å². The number of amides is 1. The van der Waals surface area contributed by atoms with Crippen molar-refractivity contribution in [3.8, 4) is 0 Å². The number of thiophene rings is 1. The molecular weight excluding hydrogens is 269 g/mol. The van der Waals surface area contributed by atoms with Gasteiger partial charge in [0.1, 0.15) is 5.82 Å². The first-order chi connectivity index (χ1) is 8.65. The molecule has 18 heavy (non-hydrogen) atoms. The predicted molar refractivity (Wildman–Crippen MR) is 73.4 cm³/mol. The second-order valence-electron chi connectivity index (χ2n) is 4.15. The summed E-state index contributed by atoms with van der Waals surface area (Å²) >= 11 is 5.56. The highest BCUT2D eigenvalue weighted by Crippen LogP contribution is 2.31. The number of halogens is 1. The van der Waals surface area contributed by atoms with Gasteiger partial charge in [0.2, 0.25) is 0 Å². The van der Waals surface area contributed by atoms with Crippen LogP contribution in [0.3, 0.4) is 0 Å². The van der Waals surface area contributed by atoms with Gasteiger partial charge in [-0.25, -0.2) is 4.39 Å². The van der Waals surface area contributed by atoms with E-state index in [2.05, 4.69) is 12.6 Å². The normalized spacial score (nSPS) is 13.8. The molecule has 0 saturated carbocycles. The lowest BCUT2D eigenvalue weighted by Crippen LogP contribution is -2.28. The first kappa shape index (κ1) is 11.7. The van der Waals surface area contributed by atoms with E-state index in [1.165, 1.54) is 23.5 Å². The third-order valence-corrected chi connectivity index (χ3v) is 4.34. The van der Waals surface area contributed by atoms with Crippen LogP contribution in [0.2, 0.25) is 0 Å². The van der Waals surface area contributed by atoms with E-state index >= 15 is 0 Å². The van der Waals surface area contributed by atoms with Crippen LogP contribution in [-0.4, -0.2) is 12.5 Å². The molecule has 1 aliphatic heterocycles. The van der Waals surface area contributed by atoms with Crippen LogP contribution < -0.4 is 4.90 Å². The number of benzene rings is 1. The molecule has 0 aliphatic carbocycles. The van der Waals surface area contributed by atoms with Crippen molar-refractivity contribution in [2.24, 2.45) is 0 Å². The topological polar surface area (TPSA) is 20.3 Å². The summed E-state index contributed by atoms with van der Waals surface area (Å²) in [5.74, 6) is -0.390. The van der Waals surface area contributed by atoms with Crippen LogP contribution in [0.15, 0.2) is 34.5 Å². The number of fused-ring (bicyclic) bond motifs is 1. The largest absolute Gasteiger partial charge is 0.307 e. The molecule has 2 nitrogen and oxygen atoms in total. The first-order valence-corrected chi connectivity index (χ1v) is 6.85. The summed E-state index contributed by atoms with van der Waals surface area (Å²) in [4.78, 5) is 15.4. The van der Waals surface area contributed by atoms with Crippen molar-refractivity contribution >= 4 is 35.6 Å². The minimum atomic E-state index is -0.311. The number of carbonyl (C=O) groups is 1. The quantitative estimate of drug-likeness (QED) is 0.794. The van der Waals surface area contributed by atoms with Crippen LogP contribution in [0.25, 0.3) is 0 Å². The van der Waals surface area contributed by atoms with Crippen molar-refractivity contribution in [3.05, 3.63) is 45.9 Å². The Kier molecular flexibility index (Phi) is 2.87. The molecule has 0 radical (unpaired) electrons. The highest BCUT2D eigenvalue weighted by Gasteiger charge is 2.26.